The molecular weight excluding hydrogens is 284 g/mol. The zero-order valence-electron chi connectivity index (χ0n) is 12.2. The van der Waals surface area contributed by atoms with Gasteiger partial charge in [-0.05, 0) is 13.8 Å². The van der Waals surface area contributed by atoms with Crippen LogP contribution >= 0.6 is 11.3 Å². The first-order valence-corrected chi connectivity index (χ1v) is 8.09. The molecule has 2 aliphatic rings. The molecule has 2 atom stereocenters. The van der Waals surface area contributed by atoms with Gasteiger partial charge in [0.05, 0.1) is 0 Å². The van der Waals surface area contributed by atoms with Crippen LogP contribution in [0.15, 0.2) is 12.4 Å². The van der Waals surface area contributed by atoms with Crippen molar-refractivity contribution in [3.63, 3.8) is 0 Å². The minimum absolute atomic E-state index is 0.699. The second-order valence-electron chi connectivity index (χ2n) is 5.95. The quantitative estimate of drug-likeness (QED) is 0.838. The Balaban J connectivity index is 1.46. The lowest BCUT2D eigenvalue weighted by Crippen LogP contribution is -2.29. The molecule has 0 aliphatic carbocycles. The molecule has 0 bridgehead atoms. The van der Waals surface area contributed by atoms with Gasteiger partial charge in [0.2, 0.25) is 5.13 Å². The second-order valence-corrected chi connectivity index (χ2v) is 7.11. The number of fused-ring (bicyclic) bond motifs is 1. The number of rotatable bonds is 2. The molecule has 110 valence electrons. The van der Waals surface area contributed by atoms with Crippen LogP contribution in [0.2, 0.25) is 0 Å². The van der Waals surface area contributed by atoms with Gasteiger partial charge in [0.25, 0.3) is 0 Å². The number of nitrogens with zero attached hydrogens (tertiary/aromatic N) is 6. The molecule has 2 aliphatic heterocycles. The van der Waals surface area contributed by atoms with Crippen LogP contribution in [-0.2, 0) is 0 Å². The molecule has 21 heavy (non-hydrogen) atoms. The minimum Gasteiger partial charge on any atom is -0.356 e. The summed E-state index contributed by atoms with van der Waals surface area (Å²) in [6, 6.07) is 2.08. The molecule has 0 amide bonds. The number of aryl methyl sites for hydroxylation is 2. The topological polar surface area (TPSA) is 58.0 Å². The molecule has 0 N–H and O–H groups in total. The molecule has 4 heterocycles. The number of aromatic nitrogens is 4. The van der Waals surface area contributed by atoms with E-state index in [0.29, 0.717) is 11.8 Å². The zero-order chi connectivity index (χ0) is 14.4. The molecule has 2 aromatic rings. The van der Waals surface area contributed by atoms with Gasteiger partial charge in [0, 0.05) is 49.8 Å². The first-order chi connectivity index (χ1) is 10.2. The normalized spacial score (nSPS) is 24.7. The van der Waals surface area contributed by atoms with Crippen molar-refractivity contribution in [3.8, 4) is 0 Å². The van der Waals surface area contributed by atoms with E-state index in [-0.39, 0.29) is 0 Å². The summed E-state index contributed by atoms with van der Waals surface area (Å²) >= 11 is 1.69. The van der Waals surface area contributed by atoms with Crippen LogP contribution in [0.3, 0.4) is 0 Å². The van der Waals surface area contributed by atoms with E-state index in [1.165, 1.54) is 0 Å². The Bertz CT molecular complexity index is 642. The van der Waals surface area contributed by atoms with Crippen molar-refractivity contribution < 1.29 is 0 Å². The van der Waals surface area contributed by atoms with E-state index in [4.69, 9.17) is 0 Å². The van der Waals surface area contributed by atoms with Crippen molar-refractivity contribution in [3.05, 3.63) is 23.1 Å². The van der Waals surface area contributed by atoms with Gasteiger partial charge >= 0.3 is 0 Å². The molecular formula is C14H18N6S. The molecule has 2 aromatic heterocycles. The SMILES string of the molecule is Cc1cc(N2CC3CN(c4nnc(C)s4)CC3C2)ncn1. The van der Waals surface area contributed by atoms with Crippen LogP contribution in [0.4, 0.5) is 10.9 Å². The lowest BCUT2D eigenvalue weighted by Gasteiger charge is -2.21. The Kier molecular flexibility index (Phi) is 3.02. The molecule has 2 fully saturated rings. The lowest BCUT2D eigenvalue weighted by atomic mass is 10.0. The molecule has 2 saturated heterocycles. The summed E-state index contributed by atoms with van der Waals surface area (Å²) in [4.78, 5) is 13.4. The maximum atomic E-state index is 4.41. The molecule has 0 saturated carbocycles. The van der Waals surface area contributed by atoms with Crippen molar-refractivity contribution in [2.75, 3.05) is 36.0 Å². The van der Waals surface area contributed by atoms with Crippen LogP contribution in [0.25, 0.3) is 0 Å². The highest BCUT2D eigenvalue weighted by Crippen LogP contribution is 2.36. The summed E-state index contributed by atoms with van der Waals surface area (Å²) < 4.78 is 0. The maximum absolute atomic E-state index is 4.41. The van der Waals surface area contributed by atoms with Gasteiger partial charge in [-0.15, -0.1) is 10.2 Å². The second kappa shape index (κ2) is 4.91. The highest BCUT2D eigenvalue weighted by molar-refractivity contribution is 7.15. The van der Waals surface area contributed by atoms with Crippen molar-refractivity contribution >= 4 is 22.3 Å². The monoisotopic (exact) mass is 302 g/mol. The summed E-state index contributed by atoms with van der Waals surface area (Å²) in [5, 5.41) is 10.5. The van der Waals surface area contributed by atoms with Crippen LogP contribution < -0.4 is 9.80 Å². The number of hydrogen-bond acceptors (Lipinski definition) is 7. The number of anilines is 2. The van der Waals surface area contributed by atoms with Gasteiger partial charge in [-0.3, -0.25) is 0 Å². The Morgan fingerprint density at radius 2 is 1.71 bits per heavy atom. The first-order valence-electron chi connectivity index (χ1n) is 7.27. The summed E-state index contributed by atoms with van der Waals surface area (Å²) in [6.07, 6.45) is 1.66. The maximum Gasteiger partial charge on any atom is 0.208 e. The average molecular weight is 302 g/mol. The van der Waals surface area contributed by atoms with Crippen LogP contribution in [-0.4, -0.2) is 46.3 Å². The molecule has 7 heteroatoms. The van der Waals surface area contributed by atoms with Gasteiger partial charge in [-0.2, -0.15) is 0 Å². The van der Waals surface area contributed by atoms with E-state index >= 15 is 0 Å². The molecule has 0 aromatic carbocycles. The minimum atomic E-state index is 0.699. The summed E-state index contributed by atoms with van der Waals surface area (Å²) in [7, 11) is 0. The molecule has 6 nitrogen and oxygen atoms in total. The van der Waals surface area contributed by atoms with E-state index in [2.05, 4.69) is 36.0 Å². The molecule has 4 rings (SSSR count). The highest BCUT2D eigenvalue weighted by atomic mass is 32.1. The third-order valence-corrected chi connectivity index (χ3v) is 5.28. The number of hydrogen-bond donors (Lipinski definition) is 0. The standard InChI is InChI=1S/C14H18N6S/c1-9-3-13(16-8-15-9)19-4-11-6-20(7-12(11)5-19)14-18-17-10(2)21-14/h3,8,11-12H,4-7H2,1-2H3. The van der Waals surface area contributed by atoms with E-state index in [1.807, 2.05) is 13.8 Å². The Labute approximate surface area is 127 Å². The summed E-state index contributed by atoms with van der Waals surface area (Å²) in [5.41, 5.74) is 1.03. The van der Waals surface area contributed by atoms with E-state index in [0.717, 1.165) is 47.8 Å². The third kappa shape index (κ3) is 2.35. The Morgan fingerprint density at radius 1 is 1.00 bits per heavy atom. The van der Waals surface area contributed by atoms with Crippen LogP contribution in [0.5, 0.6) is 0 Å². The molecule has 2 unspecified atom stereocenters. The summed E-state index contributed by atoms with van der Waals surface area (Å²) in [5.74, 6) is 2.46. The first kappa shape index (κ1) is 12.9. The average Bonchev–Trinajstić information content (AvgIpc) is 3.11. The highest BCUT2D eigenvalue weighted by Gasteiger charge is 2.41. The van der Waals surface area contributed by atoms with E-state index < -0.39 is 0 Å². The predicted molar refractivity (Wildman–Crippen MR) is 82.8 cm³/mol. The lowest BCUT2D eigenvalue weighted by molar-refractivity contribution is 0.533. The molecule has 0 radical (unpaired) electrons. The van der Waals surface area contributed by atoms with Gasteiger partial charge in [-0.25, -0.2) is 9.97 Å². The predicted octanol–water partition coefficient (Wildman–Crippen LogP) is 1.52. The van der Waals surface area contributed by atoms with E-state index in [1.54, 1.807) is 17.7 Å². The fourth-order valence-electron chi connectivity index (χ4n) is 3.36. The fourth-order valence-corrected chi connectivity index (χ4v) is 4.07. The third-order valence-electron chi connectivity index (χ3n) is 4.39. The largest absolute Gasteiger partial charge is 0.356 e. The van der Waals surface area contributed by atoms with Crippen LogP contribution in [0, 0.1) is 25.7 Å². The van der Waals surface area contributed by atoms with Gasteiger partial charge in [0.15, 0.2) is 0 Å². The van der Waals surface area contributed by atoms with Gasteiger partial charge in [0.1, 0.15) is 17.2 Å². The smallest absolute Gasteiger partial charge is 0.208 e. The zero-order valence-corrected chi connectivity index (χ0v) is 13.0. The molecule has 0 spiro atoms. The van der Waals surface area contributed by atoms with E-state index in [9.17, 15) is 0 Å². The van der Waals surface area contributed by atoms with Gasteiger partial charge in [-0.1, -0.05) is 11.3 Å². The fraction of sp³-hybridized carbons (Fsp3) is 0.571. The Hall–Kier alpha value is -1.76. The van der Waals surface area contributed by atoms with Crippen molar-refractivity contribution in [2.24, 2.45) is 11.8 Å². The van der Waals surface area contributed by atoms with Crippen molar-refractivity contribution in [2.45, 2.75) is 13.8 Å². The van der Waals surface area contributed by atoms with Crippen molar-refractivity contribution in [1.82, 2.24) is 20.2 Å². The van der Waals surface area contributed by atoms with Crippen LogP contribution in [0.1, 0.15) is 10.7 Å². The van der Waals surface area contributed by atoms with Crippen molar-refractivity contribution in [1.29, 1.82) is 0 Å². The Morgan fingerprint density at radius 3 is 2.33 bits per heavy atom. The van der Waals surface area contributed by atoms with Gasteiger partial charge < -0.3 is 9.80 Å². The summed E-state index contributed by atoms with van der Waals surface area (Å²) in [6.45, 7) is 8.35.